The fourth-order valence-corrected chi connectivity index (χ4v) is 8.64. The smallest absolute Gasteiger partial charge is 0.253 e. The predicted octanol–water partition coefficient (Wildman–Crippen LogP) is 5.90. The fourth-order valence-electron chi connectivity index (χ4n) is 8.64. The van der Waals surface area contributed by atoms with Gasteiger partial charge in [0.05, 0.1) is 6.04 Å². The van der Waals surface area contributed by atoms with Crippen LogP contribution in [0, 0.1) is 40.9 Å². The molecule has 2 amide bonds. The van der Waals surface area contributed by atoms with E-state index in [0.717, 1.165) is 44.9 Å². The maximum absolute atomic E-state index is 15.3. The summed E-state index contributed by atoms with van der Waals surface area (Å²) in [6, 6.07) is -2.36. The summed E-state index contributed by atoms with van der Waals surface area (Å²) in [5.41, 5.74) is -0.876. The first kappa shape index (κ1) is 37.9. The van der Waals surface area contributed by atoms with Gasteiger partial charge in [-0.05, 0) is 61.7 Å². The number of carbonyl (C=O) groups excluding carboxylic acids is 6. The topological polar surface area (TPSA) is 146 Å². The number of H-pyrrole nitrogens is 1. The van der Waals surface area contributed by atoms with Gasteiger partial charge in [0.25, 0.3) is 5.92 Å². The molecular formula is C38H54F2N4O6. The van der Waals surface area contributed by atoms with E-state index in [1.807, 2.05) is 6.92 Å². The van der Waals surface area contributed by atoms with Crippen molar-refractivity contribution < 1.29 is 37.5 Å². The highest BCUT2D eigenvalue weighted by atomic mass is 19.3. The van der Waals surface area contributed by atoms with E-state index in [9.17, 15) is 28.8 Å². The van der Waals surface area contributed by atoms with Gasteiger partial charge in [0.1, 0.15) is 6.04 Å². The van der Waals surface area contributed by atoms with Crippen molar-refractivity contribution in [1.29, 1.82) is 0 Å². The molecule has 1 aromatic heterocycles. The Bertz CT molecular complexity index is 1430. The van der Waals surface area contributed by atoms with E-state index in [0.29, 0.717) is 12.8 Å². The van der Waals surface area contributed by atoms with Gasteiger partial charge in [0, 0.05) is 62.4 Å². The van der Waals surface area contributed by atoms with Crippen molar-refractivity contribution in [3.63, 3.8) is 0 Å². The lowest BCUT2D eigenvalue weighted by Crippen LogP contribution is -2.58. The molecule has 0 aromatic carbocycles. The average molecular weight is 701 g/mol. The number of fused-ring (bicyclic) bond motifs is 1. The number of hydrogen-bond acceptors (Lipinski definition) is 7. The number of Topliss-reactive ketones (excluding diaryl/α,β-unsaturated/α-hetero) is 4. The number of rotatable bonds is 16. The van der Waals surface area contributed by atoms with Gasteiger partial charge in [-0.25, -0.2) is 13.8 Å². The Labute approximate surface area is 293 Å². The Morgan fingerprint density at radius 2 is 1.72 bits per heavy atom. The average Bonchev–Trinajstić information content (AvgIpc) is 3.43. The summed E-state index contributed by atoms with van der Waals surface area (Å²) in [5, 5.41) is 2.94. The standard InChI is InChI=1S/C38H54F2N4O6/c1-5-9-24(32(48)29(46)18-22-12-13-22)19-28(45)31-25-14-15-38(39,40)27(25)21-44(31)36(50)33(37(2,3)4)43-35(49)26(23-10-7-6-8-11-23)20-30(47)34-41-16-17-42-34/h16-17,22-27,31,33H,5-15,18-21H2,1-4H3,(H,41,42)(H,43,49)/t24-,25?,26+,27?,31-,33+/m0/s1. The zero-order chi connectivity index (χ0) is 36.4. The zero-order valence-electron chi connectivity index (χ0n) is 30.0. The van der Waals surface area contributed by atoms with E-state index in [1.165, 1.54) is 17.3 Å². The van der Waals surface area contributed by atoms with E-state index < -0.39 is 82.7 Å². The minimum absolute atomic E-state index is 0.0516. The number of carbonyl (C=O) groups is 6. The number of alkyl halides is 2. The number of imidazole rings is 1. The van der Waals surface area contributed by atoms with Crippen molar-refractivity contribution in [2.45, 2.75) is 136 Å². The van der Waals surface area contributed by atoms with Crippen molar-refractivity contribution in [3.8, 4) is 0 Å². The summed E-state index contributed by atoms with van der Waals surface area (Å²) in [5.74, 6) is -9.36. The number of nitrogens with zero attached hydrogens (tertiary/aromatic N) is 2. The highest BCUT2D eigenvalue weighted by Gasteiger charge is 2.61. The molecule has 0 bridgehead atoms. The summed E-state index contributed by atoms with van der Waals surface area (Å²) < 4.78 is 30.5. The number of likely N-dealkylation sites (tertiary alicyclic amines) is 1. The SMILES string of the molecule is CCC[C@@H](CC(=O)[C@@H]1C2CCC(F)(F)C2CN1C(=O)[C@@H](NC(=O)[C@H](CC(=O)c1ncc[nH]1)C1CCCCC1)C(C)(C)C)C(=O)C(=O)CC1CC1. The van der Waals surface area contributed by atoms with Crippen LogP contribution in [0.1, 0.15) is 128 Å². The Morgan fingerprint density at radius 3 is 2.32 bits per heavy atom. The Balaban J connectivity index is 1.39. The molecule has 12 heteroatoms. The van der Waals surface area contributed by atoms with Crippen molar-refractivity contribution in [2.24, 2.45) is 40.9 Å². The molecule has 3 aliphatic carbocycles. The molecule has 3 saturated carbocycles. The first-order chi connectivity index (χ1) is 23.6. The van der Waals surface area contributed by atoms with Crippen molar-refractivity contribution >= 4 is 34.9 Å². The van der Waals surface area contributed by atoms with Crippen LogP contribution in [0.3, 0.4) is 0 Å². The molecule has 4 aliphatic rings. The van der Waals surface area contributed by atoms with E-state index in [-0.39, 0.29) is 55.7 Å². The summed E-state index contributed by atoms with van der Waals surface area (Å²) in [4.78, 5) is 90.1. The third-order valence-electron chi connectivity index (χ3n) is 11.6. The molecule has 0 radical (unpaired) electrons. The monoisotopic (exact) mass is 700 g/mol. The molecule has 1 saturated heterocycles. The van der Waals surface area contributed by atoms with E-state index in [2.05, 4.69) is 15.3 Å². The predicted molar refractivity (Wildman–Crippen MR) is 181 cm³/mol. The summed E-state index contributed by atoms with van der Waals surface area (Å²) >= 11 is 0. The molecule has 2 unspecified atom stereocenters. The highest BCUT2D eigenvalue weighted by molar-refractivity contribution is 6.38. The lowest BCUT2D eigenvalue weighted by atomic mass is 9.76. The van der Waals surface area contributed by atoms with Gasteiger partial charge in [-0.1, -0.05) is 53.4 Å². The maximum atomic E-state index is 15.3. The van der Waals surface area contributed by atoms with Gasteiger partial charge in [0.2, 0.25) is 17.6 Å². The largest absolute Gasteiger partial charge is 0.344 e. The molecule has 276 valence electrons. The number of halogens is 2. The molecule has 50 heavy (non-hydrogen) atoms. The van der Waals surface area contributed by atoms with Crippen LogP contribution < -0.4 is 5.32 Å². The molecule has 1 aliphatic heterocycles. The number of hydrogen-bond donors (Lipinski definition) is 2. The van der Waals surface area contributed by atoms with Crippen molar-refractivity contribution in [2.75, 3.05) is 6.54 Å². The molecule has 2 N–H and O–H groups in total. The third-order valence-corrected chi connectivity index (χ3v) is 11.6. The molecule has 6 atom stereocenters. The lowest BCUT2D eigenvalue weighted by molar-refractivity contribution is -0.146. The summed E-state index contributed by atoms with van der Waals surface area (Å²) in [6.07, 6.45) is 9.53. The van der Waals surface area contributed by atoms with Crippen molar-refractivity contribution in [1.82, 2.24) is 20.2 Å². The number of ketones is 4. The van der Waals surface area contributed by atoms with Gasteiger partial charge < -0.3 is 15.2 Å². The van der Waals surface area contributed by atoms with Gasteiger partial charge >= 0.3 is 0 Å². The molecule has 5 rings (SSSR count). The van der Waals surface area contributed by atoms with Crippen LogP contribution in [0.2, 0.25) is 0 Å². The molecule has 4 fully saturated rings. The Kier molecular flexibility index (Phi) is 11.8. The second kappa shape index (κ2) is 15.5. The van der Waals surface area contributed by atoms with E-state index in [4.69, 9.17) is 0 Å². The maximum Gasteiger partial charge on any atom is 0.253 e. The van der Waals surface area contributed by atoms with Crippen LogP contribution in [0.4, 0.5) is 8.78 Å². The normalized spacial score (nSPS) is 25.4. The summed E-state index contributed by atoms with van der Waals surface area (Å²) in [6.45, 7) is 6.81. The van der Waals surface area contributed by atoms with Crippen LogP contribution in [0.25, 0.3) is 0 Å². The number of aromatic nitrogens is 2. The van der Waals surface area contributed by atoms with Crippen molar-refractivity contribution in [3.05, 3.63) is 18.2 Å². The zero-order valence-corrected chi connectivity index (χ0v) is 30.0. The van der Waals surface area contributed by atoms with Gasteiger partial charge in [-0.2, -0.15) is 0 Å². The van der Waals surface area contributed by atoms with Gasteiger partial charge in [-0.15, -0.1) is 0 Å². The first-order valence-corrected chi connectivity index (χ1v) is 18.7. The van der Waals surface area contributed by atoms with Crippen LogP contribution in [0.5, 0.6) is 0 Å². The number of aromatic amines is 1. The molecular weight excluding hydrogens is 646 g/mol. The second-order valence-electron chi connectivity index (χ2n) is 16.5. The first-order valence-electron chi connectivity index (χ1n) is 18.7. The van der Waals surface area contributed by atoms with E-state index >= 15 is 8.78 Å². The molecule has 2 heterocycles. The number of nitrogens with one attached hydrogen (secondary N) is 2. The Morgan fingerprint density at radius 1 is 1.02 bits per heavy atom. The van der Waals surface area contributed by atoms with E-state index in [1.54, 1.807) is 20.8 Å². The highest BCUT2D eigenvalue weighted by Crippen LogP contribution is 2.52. The number of amides is 2. The van der Waals surface area contributed by atoms with Crippen LogP contribution in [0.15, 0.2) is 12.4 Å². The Hall–Kier alpha value is -3.31. The van der Waals surface area contributed by atoms with Gasteiger partial charge in [-0.3, -0.25) is 28.8 Å². The van der Waals surface area contributed by atoms with Crippen LogP contribution in [-0.2, 0) is 24.0 Å². The summed E-state index contributed by atoms with van der Waals surface area (Å²) in [7, 11) is 0. The minimum Gasteiger partial charge on any atom is -0.344 e. The quantitative estimate of drug-likeness (QED) is 0.161. The molecule has 1 aromatic rings. The van der Waals surface area contributed by atoms with Crippen LogP contribution in [-0.4, -0.2) is 74.4 Å². The third kappa shape index (κ3) is 8.58. The lowest BCUT2D eigenvalue weighted by Gasteiger charge is -2.38. The second-order valence-corrected chi connectivity index (χ2v) is 16.5. The minimum atomic E-state index is -3.07. The molecule has 10 nitrogen and oxygen atoms in total. The fraction of sp³-hybridized carbons (Fsp3) is 0.763. The van der Waals surface area contributed by atoms with Gasteiger partial charge in [0.15, 0.2) is 23.2 Å². The molecule has 0 spiro atoms. The van der Waals surface area contributed by atoms with Crippen LogP contribution >= 0.6 is 0 Å².